The Bertz CT molecular complexity index is 1390. The number of hydrogen-bond acceptors (Lipinski definition) is 7. The minimum atomic E-state index is -0.700. The number of methoxy groups -OCH3 is 1. The predicted octanol–water partition coefficient (Wildman–Crippen LogP) is 5.47. The van der Waals surface area contributed by atoms with Crippen LogP contribution in [0, 0.1) is 16.7 Å². The zero-order valence-corrected chi connectivity index (χ0v) is 22.0. The molecule has 1 aliphatic carbocycles. The molecule has 2 aliphatic rings. The van der Waals surface area contributed by atoms with Gasteiger partial charge in [0.05, 0.1) is 28.8 Å². The highest BCUT2D eigenvalue weighted by atomic mass is 35.5. The molecule has 37 heavy (non-hydrogen) atoms. The number of nitrogens with two attached hydrogens (primary N) is 1. The van der Waals surface area contributed by atoms with Crippen LogP contribution < -0.4 is 20.5 Å². The van der Waals surface area contributed by atoms with Gasteiger partial charge in [-0.05, 0) is 35.2 Å². The fraction of sp³-hybridized carbons (Fsp3) is 0.296. The van der Waals surface area contributed by atoms with Crippen LogP contribution in [0.2, 0.25) is 10.0 Å². The number of carbonyl (C=O) groups is 2. The van der Waals surface area contributed by atoms with Crippen molar-refractivity contribution in [3.63, 3.8) is 0 Å². The van der Waals surface area contributed by atoms with Crippen LogP contribution in [0.15, 0.2) is 59.2 Å². The third-order valence-electron chi connectivity index (χ3n) is 6.18. The highest BCUT2D eigenvalue weighted by Gasteiger charge is 2.43. The van der Waals surface area contributed by atoms with E-state index in [-0.39, 0.29) is 34.3 Å². The second-order valence-electron chi connectivity index (χ2n) is 9.55. The molecule has 0 saturated carbocycles. The second-order valence-corrected chi connectivity index (χ2v) is 10.3. The van der Waals surface area contributed by atoms with E-state index in [1.807, 2.05) is 13.8 Å². The second kappa shape index (κ2) is 10.4. The number of Topliss-reactive ketones (excluding diaryl/α,β-unsaturated/α-hetero) is 1. The van der Waals surface area contributed by atoms with Crippen LogP contribution in [0.1, 0.15) is 38.2 Å². The lowest BCUT2D eigenvalue weighted by Crippen LogP contribution is -2.33. The minimum absolute atomic E-state index is 0.0209. The molecule has 0 radical (unpaired) electrons. The summed E-state index contributed by atoms with van der Waals surface area (Å²) >= 11 is 12.1. The van der Waals surface area contributed by atoms with Gasteiger partial charge in [-0.15, -0.1) is 0 Å². The largest absolute Gasteiger partial charge is 0.493 e. The Morgan fingerprint density at radius 1 is 1.24 bits per heavy atom. The van der Waals surface area contributed by atoms with Gasteiger partial charge in [0.15, 0.2) is 23.9 Å². The van der Waals surface area contributed by atoms with Gasteiger partial charge in [0.25, 0.3) is 5.91 Å². The van der Waals surface area contributed by atoms with Gasteiger partial charge in [0.1, 0.15) is 17.4 Å². The van der Waals surface area contributed by atoms with Gasteiger partial charge in [-0.1, -0.05) is 49.2 Å². The lowest BCUT2D eigenvalue weighted by molar-refractivity contribution is -0.119. The number of anilines is 1. The van der Waals surface area contributed by atoms with Crippen molar-refractivity contribution in [2.24, 2.45) is 11.1 Å². The van der Waals surface area contributed by atoms with Crippen molar-refractivity contribution >= 4 is 40.6 Å². The number of amides is 1. The highest BCUT2D eigenvalue weighted by Crippen LogP contribution is 2.48. The van der Waals surface area contributed by atoms with Crippen molar-refractivity contribution in [1.29, 1.82) is 5.26 Å². The maximum Gasteiger partial charge on any atom is 0.262 e. The van der Waals surface area contributed by atoms with E-state index in [2.05, 4.69) is 11.4 Å². The molecule has 0 aromatic heterocycles. The van der Waals surface area contributed by atoms with Crippen LogP contribution in [-0.2, 0) is 14.3 Å². The number of nitrogens with zero attached hydrogens (tertiary/aromatic N) is 1. The standard InChI is InChI=1S/C27H25Cl2N3O5/c1-27(2)10-18(33)24-21(11-27)37-26(31)15(12-30)23(24)14-7-8-19(20(9-14)35-3)36-13-22(34)32-17-6-4-5-16(28)25(17)29/h4-9,23H,10-11,13,31H2,1-3H3,(H,32,34). The van der Waals surface area contributed by atoms with Crippen molar-refractivity contribution in [1.82, 2.24) is 0 Å². The molecule has 8 nitrogen and oxygen atoms in total. The van der Waals surface area contributed by atoms with E-state index in [1.54, 1.807) is 36.4 Å². The molecule has 4 rings (SSSR count). The number of hydrogen-bond donors (Lipinski definition) is 2. The van der Waals surface area contributed by atoms with Crippen molar-refractivity contribution in [3.8, 4) is 17.6 Å². The highest BCUT2D eigenvalue weighted by molar-refractivity contribution is 6.44. The van der Waals surface area contributed by atoms with Crippen molar-refractivity contribution in [2.75, 3.05) is 19.0 Å². The Balaban J connectivity index is 1.59. The Morgan fingerprint density at radius 3 is 2.70 bits per heavy atom. The van der Waals surface area contributed by atoms with Gasteiger partial charge in [-0.3, -0.25) is 9.59 Å². The first kappa shape index (κ1) is 26.4. The normalized spacial score (nSPS) is 18.5. The quantitative estimate of drug-likeness (QED) is 0.496. The van der Waals surface area contributed by atoms with Gasteiger partial charge in [-0.2, -0.15) is 5.26 Å². The molecule has 0 spiro atoms. The number of carbonyl (C=O) groups excluding carboxylic acids is 2. The van der Waals surface area contributed by atoms with Crippen molar-refractivity contribution in [2.45, 2.75) is 32.6 Å². The van der Waals surface area contributed by atoms with Gasteiger partial charge < -0.3 is 25.3 Å². The molecule has 1 aliphatic heterocycles. The summed E-state index contributed by atoms with van der Waals surface area (Å²) in [5.41, 5.74) is 7.37. The molecule has 0 bridgehead atoms. The number of nitriles is 1. The van der Waals surface area contributed by atoms with Gasteiger partial charge >= 0.3 is 0 Å². The molecule has 1 amide bonds. The Labute approximate surface area is 224 Å². The number of ketones is 1. The van der Waals surface area contributed by atoms with Crippen LogP contribution in [0.5, 0.6) is 11.5 Å². The van der Waals surface area contributed by atoms with Crippen LogP contribution in [0.25, 0.3) is 0 Å². The molecule has 1 heterocycles. The number of allylic oxidation sites excluding steroid dienone is 3. The molecular formula is C27H25Cl2N3O5. The lowest BCUT2D eigenvalue weighted by atomic mass is 9.70. The third kappa shape index (κ3) is 5.38. The molecular weight excluding hydrogens is 517 g/mol. The first-order valence-corrected chi connectivity index (χ1v) is 12.2. The van der Waals surface area contributed by atoms with E-state index < -0.39 is 11.8 Å². The Kier molecular flexibility index (Phi) is 7.39. The van der Waals surface area contributed by atoms with E-state index in [4.69, 9.17) is 43.1 Å². The third-order valence-corrected chi connectivity index (χ3v) is 7.00. The fourth-order valence-corrected chi connectivity index (χ4v) is 4.88. The lowest BCUT2D eigenvalue weighted by Gasteiger charge is -2.37. The molecule has 10 heteroatoms. The summed E-state index contributed by atoms with van der Waals surface area (Å²) in [6.07, 6.45) is 0.850. The maximum atomic E-state index is 13.2. The average molecular weight is 542 g/mol. The maximum absolute atomic E-state index is 13.2. The molecule has 2 aromatic carbocycles. The molecule has 0 fully saturated rings. The smallest absolute Gasteiger partial charge is 0.262 e. The van der Waals surface area contributed by atoms with Crippen LogP contribution in [0.3, 0.4) is 0 Å². The Hall–Kier alpha value is -3.67. The Morgan fingerprint density at radius 2 is 2.00 bits per heavy atom. The molecule has 3 N–H and O–H groups in total. The van der Waals surface area contributed by atoms with Crippen LogP contribution in [0.4, 0.5) is 5.69 Å². The summed E-state index contributed by atoms with van der Waals surface area (Å²) < 4.78 is 16.9. The van der Waals surface area contributed by atoms with Gasteiger partial charge in [0, 0.05) is 18.4 Å². The zero-order valence-electron chi connectivity index (χ0n) is 20.5. The molecule has 2 aromatic rings. The van der Waals surface area contributed by atoms with E-state index in [1.165, 1.54) is 7.11 Å². The van der Waals surface area contributed by atoms with Crippen molar-refractivity contribution in [3.05, 3.63) is 74.8 Å². The van der Waals surface area contributed by atoms with E-state index in [0.717, 1.165) is 0 Å². The van der Waals surface area contributed by atoms with E-state index >= 15 is 0 Å². The summed E-state index contributed by atoms with van der Waals surface area (Å²) in [5.74, 6) is -0.162. The van der Waals surface area contributed by atoms with E-state index in [0.29, 0.717) is 51.9 Å². The molecule has 0 saturated heterocycles. The molecule has 1 unspecified atom stereocenters. The molecule has 1 atom stereocenters. The summed E-state index contributed by atoms with van der Waals surface area (Å²) in [6.45, 7) is 3.64. The topological polar surface area (TPSA) is 124 Å². The number of benzene rings is 2. The average Bonchev–Trinajstić information content (AvgIpc) is 2.84. The van der Waals surface area contributed by atoms with Gasteiger partial charge in [-0.25, -0.2) is 0 Å². The monoisotopic (exact) mass is 541 g/mol. The number of halogens is 2. The van der Waals surface area contributed by atoms with Gasteiger partial charge in [0.2, 0.25) is 5.88 Å². The first-order chi connectivity index (χ1) is 17.5. The minimum Gasteiger partial charge on any atom is -0.493 e. The summed E-state index contributed by atoms with van der Waals surface area (Å²) in [6, 6.07) is 12.0. The van der Waals surface area contributed by atoms with Crippen molar-refractivity contribution < 1.29 is 23.8 Å². The SMILES string of the molecule is COc1cc(C2C(C#N)=C(N)OC3=C2C(=O)CC(C)(C)C3)ccc1OCC(=O)Nc1cccc(Cl)c1Cl. The van der Waals surface area contributed by atoms with Crippen LogP contribution >= 0.6 is 23.2 Å². The predicted molar refractivity (Wildman–Crippen MR) is 139 cm³/mol. The number of rotatable bonds is 6. The zero-order chi connectivity index (χ0) is 26.9. The van der Waals surface area contributed by atoms with Crippen LogP contribution in [-0.4, -0.2) is 25.4 Å². The fourth-order valence-electron chi connectivity index (χ4n) is 4.53. The summed E-state index contributed by atoms with van der Waals surface area (Å²) in [5, 5.41) is 13.0. The van der Waals surface area contributed by atoms with E-state index in [9.17, 15) is 14.9 Å². The summed E-state index contributed by atoms with van der Waals surface area (Å²) in [7, 11) is 1.45. The number of nitrogens with one attached hydrogen (secondary N) is 1. The molecule has 192 valence electrons. The number of ether oxygens (including phenoxy) is 3. The summed E-state index contributed by atoms with van der Waals surface area (Å²) in [4.78, 5) is 25.6. The first-order valence-electron chi connectivity index (χ1n) is 11.4.